The Morgan fingerprint density at radius 3 is 1.71 bits per heavy atom. The summed E-state index contributed by atoms with van der Waals surface area (Å²) in [4.78, 5) is 48.0. The van der Waals surface area contributed by atoms with Gasteiger partial charge in [0.2, 0.25) is 0 Å². The zero-order valence-electron chi connectivity index (χ0n) is 33.5. The predicted octanol–water partition coefficient (Wildman–Crippen LogP) is 5.68. The molecule has 11 heteroatoms. The first-order chi connectivity index (χ1) is 26.7. The van der Waals surface area contributed by atoms with E-state index in [9.17, 15) is 19.2 Å². The molecule has 3 saturated heterocycles. The Morgan fingerprint density at radius 2 is 1.18 bits per heavy atom. The second-order valence-corrected chi connectivity index (χ2v) is 15.5. The zero-order valence-corrected chi connectivity index (χ0v) is 33.5. The van der Waals surface area contributed by atoms with Gasteiger partial charge >= 0.3 is 23.9 Å². The van der Waals surface area contributed by atoms with Gasteiger partial charge in [0.05, 0.1) is 6.10 Å². The van der Waals surface area contributed by atoms with E-state index in [0.29, 0.717) is 13.2 Å². The summed E-state index contributed by atoms with van der Waals surface area (Å²) in [7, 11) is 0. The van der Waals surface area contributed by atoms with Crippen molar-refractivity contribution in [3.63, 3.8) is 0 Å². The molecule has 0 amide bonds. The summed E-state index contributed by atoms with van der Waals surface area (Å²) in [6.45, 7) is 14.4. The molecule has 0 saturated carbocycles. The maximum atomic E-state index is 12.2. The van der Waals surface area contributed by atoms with Crippen LogP contribution in [-0.2, 0) is 57.8 Å². The van der Waals surface area contributed by atoms with Crippen molar-refractivity contribution >= 4 is 23.9 Å². The Hall–Kier alpha value is -4.68. The van der Waals surface area contributed by atoms with Crippen LogP contribution in [0.5, 0.6) is 0 Å². The largest absolute Gasteiger partial charge is 0.463 e. The highest BCUT2D eigenvalue weighted by Gasteiger charge is 2.48. The van der Waals surface area contributed by atoms with E-state index < -0.39 is 60.4 Å². The lowest BCUT2D eigenvalue weighted by Crippen LogP contribution is -2.57. The summed E-state index contributed by atoms with van der Waals surface area (Å²) in [6, 6.07) is 12.6. The summed E-state index contributed by atoms with van der Waals surface area (Å²) >= 11 is 0. The summed E-state index contributed by atoms with van der Waals surface area (Å²) in [5.41, 5.74) is 5.97. The van der Waals surface area contributed by atoms with Crippen LogP contribution < -0.4 is 0 Å². The van der Waals surface area contributed by atoms with Crippen molar-refractivity contribution in [2.45, 2.75) is 123 Å². The Balaban J connectivity index is 1.31. The van der Waals surface area contributed by atoms with Crippen molar-refractivity contribution < 1.29 is 52.3 Å². The number of fused-ring (bicyclic) bond motifs is 5. The van der Waals surface area contributed by atoms with E-state index in [2.05, 4.69) is 68.7 Å². The number of benzene rings is 2. The number of rotatable bonds is 6. The fraction of sp³-hybridized carbons (Fsp3) is 0.556. The monoisotopic (exact) mass is 768 g/mol. The first-order valence-corrected chi connectivity index (χ1v) is 19.6. The van der Waals surface area contributed by atoms with Crippen molar-refractivity contribution in [1.29, 1.82) is 0 Å². The van der Waals surface area contributed by atoms with Gasteiger partial charge in [-0.2, -0.15) is 0 Å². The van der Waals surface area contributed by atoms with Gasteiger partial charge in [-0.15, -0.1) is 0 Å². The molecule has 10 atom stereocenters. The zero-order chi connectivity index (χ0) is 40.3. The Morgan fingerprint density at radius 1 is 0.661 bits per heavy atom. The molecule has 0 N–H and O–H groups in total. The standard InChI is InChI=1S/C45H52O11/c1-9-38-25(2)26(3)42(52-29(6)47)40(55-38)17-13-33-11-15-35-34-14-10-32(22-36(34)45(37(35)23-33)18-20-50-21-19-45)12-16-39-27(4)43(53-30(7)48)44(54-31(8)49)41(56-39)24-51-28(5)46/h10-11,14-15,22-23,25-27,38-44H,9,18-21,24H2,1-8H3/t25-,26-,27+,38+,39+,40+,41+,42-,43+,44+/m0/s1. The number of carbonyl (C=O) groups excluding carboxylic acids is 4. The number of ether oxygens (including phenoxy) is 7. The average Bonchev–Trinajstić information content (AvgIpc) is 3.40. The fourth-order valence-electron chi connectivity index (χ4n) is 8.74. The van der Waals surface area contributed by atoms with Crippen LogP contribution in [0.15, 0.2) is 36.4 Å². The molecule has 0 bridgehead atoms. The van der Waals surface area contributed by atoms with Gasteiger partial charge in [-0.3, -0.25) is 19.2 Å². The van der Waals surface area contributed by atoms with Crippen molar-refractivity contribution in [3.8, 4) is 34.8 Å². The van der Waals surface area contributed by atoms with Gasteiger partial charge in [-0.05, 0) is 71.7 Å². The van der Waals surface area contributed by atoms with Crippen molar-refractivity contribution in [2.24, 2.45) is 17.8 Å². The van der Waals surface area contributed by atoms with Gasteiger partial charge < -0.3 is 33.2 Å². The van der Waals surface area contributed by atoms with E-state index in [1.165, 1.54) is 38.8 Å². The number of hydrogen-bond acceptors (Lipinski definition) is 11. The molecule has 3 aliphatic heterocycles. The Kier molecular flexibility index (Phi) is 12.6. The summed E-state index contributed by atoms with van der Waals surface area (Å²) in [5.74, 6) is 11.1. The molecular weight excluding hydrogens is 716 g/mol. The van der Waals surface area contributed by atoms with E-state index in [1.54, 1.807) is 0 Å². The second kappa shape index (κ2) is 17.2. The van der Waals surface area contributed by atoms with Crippen LogP contribution in [0.2, 0.25) is 0 Å². The number of esters is 4. The minimum atomic E-state index is -0.990. The van der Waals surface area contributed by atoms with Crippen LogP contribution in [-0.4, -0.2) is 86.4 Å². The summed E-state index contributed by atoms with van der Waals surface area (Å²) < 4.78 is 40.8. The lowest BCUT2D eigenvalue weighted by Gasteiger charge is -2.42. The van der Waals surface area contributed by atoms with E-state index in [0.717, 1.165) is 41.5 Å². The number of hydrogen-bond donors (Lipinski definition) is 0. The normalized spacial score (nSPS) is 29.9. The maximum Gasteiger partial charge on any atom is 0.303 e. The third-order valence-corrected chi connectivity index (χ3v) is 11.7. The molecule has 0 radical (unpaired) electrons. The van der Waals surface area contributed by atoms with Gasteiger partial charge in [0, 0.05) is 69.3 Å². The Bertz CT molecular complexity index is 1960. The minimum absolute atomic E-state index is 0.0245. The topological polar surface area (TPSA) is 133 Å². The fourth-order valence-corrected chi connectivity index (χ4v) is 8.74. The van der Waals surface area contributed by atoms with Gasteiger partial charge in [-0.25, -0.2) is 0 Å². The SMILES string of the molecule is CC[C@H]1O[C@H](C#Cc2ccc3c(c2)C2(CCOCC2)c2cc(C#C[C@H]4O[C@H](COC(C)=O)[C@@H](OC(C)=O)[C@H](OC(C)=O)[C@@H]4C)ccc2-3)[C@@H](OC(C)=O)[C@@H](C)[C@@H]1C. The van der Waals surface area contributed by atoms with E-state index >= 15 is 0 Å². The van der Waals surface area contributed by atoms with Gasteiger partial charge in [0.1, 0.15) is 31.0 Å². The lowest BCUT2D eigenvalue weighted by molar-refractivity contribution is -0.222. The quantitative estimate of drug-likeness (QED) is 0.204. The van der Waals surface area contributed by atoms with E-state index in [4.69, 9.17) is 33.2 Å². The molecule has 0 unspecified atom stereocenters. The third-order valence-electron chi connectivity index (χ3n) is 11.7. The summed E-state index contributed by atoms with van der Waals surface area (Å²) in [5, 5.41) is 0. The van der Waals surface area contributed by atoms with Crippen LogP contribution >= 0.6 is 0 Å². The molecule has 2 aromatic carbocycles. The van der Waals surface area contributed by atoms with Crippen LogP contribution in [0.4, 0.5) is 0 Å². The Labute approximate surface area is 329 Å². The molecule has 4 aliphatic rings. The summed E-state index contributed by atoms with van der Waals surface area (Å²) in [6.07, 6.45) is -2.05. The molecule has 1 aliphatic carbocycles. The van der Waals surface area contributed by atoms with Gasteiger partial charge in [0.15, 0.2) is 12.2 Å². The van der Waals surface area contributed by atoms with E-state index in [1.807, 2.05) is 19.1 Å². The van der Waals surface area contributed by atoms with Gasteiger partial charge in [0.25, 0.3) is 0 Å². The molecule has 0 aromatic heterocycles. The van der Waals surface area contributed by atoms with Crippen molar-refractivity contribution in [3.05, 3.63) is 58.7 Å². The number of carbonyl (C=O) groups is 4. The van der Waals surface area contributed by atoms with E-state index in [-0.39, 0.29) is 35.9 Å². The molecular formula is C45H52O11. The molecule has 1 spiro atoms. The van der Waals surface area contributed by atoms with Crippen LogP contribution in [0.1, 0.15) is 96.9 Å². The molecule has 2 aromatic rings. The van der Waals surface area contributed by atoms with Crippen LogP contribution in [0.25, 0.3) is 11.1 Å². The lowest BCUT2D eigenvalue weighted by atomic mass is 9.72. The highest BCUT2D eigenvalue weighted by molar-refractivity contribution is 5.82. The molecule has 3 heterocycles. The van der Waals surface area contributed by atoms with Crippen LogP contribution in [0, 0.1) is 41.4 Å². The second-order valence-electron chi connectivity index (χ2n) is 15.5. The van der Waals surface area contributed by atoms with Gasteiger partial charge in [-0.1, -0.05) is 63.5 Å². The molecule has 298 valence electrons. The van der Waals surface area contributed by atoms with Crippen LogP contribution in [0.3, 0.4) is 0 Å². The highest BCUT2D eigenvalue weighted by atomic mass is 16.6. The smallest absolute Gasteiger partial charge is 0.303 e. The maximum absolute atomic E-state index is 12.2. The van der Waals surface area contributed by atoms with Crippen molar-refractivity contribution in [2.75, 3.05) is 19.8 Å². The molecule has 11 nitrogen and oxygen atoms in total. The first-order valence-electron chi connectivity index (χ1n) is 19.6. The van der Waals surface area contributed by atoms with Crippen molar-refractivity contribution in [1.82, 2.24) is 0 Å². The predicted molar refractivity (Wildman–Crippen MR) is 205 cm³/mol. The third kappa shape index (κ3) is 8.51. The first kappa shape index (κ1) is 41.0. The highest BCUT2D eigenvalue weighted by Crippen LogP contribution is 2.54. The molecule has 56 heavy (non-hydrogen) atoms. The molecule has 3 fully saturated rings. The minimum Gasteiger partial charge on any atom is -0.463 e. The average molecular weight is 769 g/mol. The molecule has 6 rings (SSSR count).